The third-order valence-electron chi connectivity index (χ3n) is 3.64. The summed E-state index contributed by atoms with van der Waals surface area (Å²) < 4.78 is 5.09. The molecule has 0 aliphatic rings. The number of hydrogen-bond acceptors (Lipinski definition) is 5. The summed E-state index contributed by atoms with van der Waals surface area (Å²) in [6.45, 7) is 4.11. The van der Waals surface area contributed by atoms with Crippen LogP contribution in [0.25, 0.3) is 10.6 Å². The van der Waals surface area contributed by atoms with Crippen molar-refractivity contribution in [2.75, 3.05) is 0 Å². The van der Waals surface area contributed by atoms with Crippen molar-refractivity contribution in [3.63, 3.8) is 0 Å². The molecule has 0 saturated carbocycles. The number of nitrogens with zero attached hydrogens (tertiary/aromatic N) is 2. The van der Waals surface area contributed by atoms with Gasteiger partial charge in [-0.3, -0.25) is 9.78 Å². The first-order chi connectivity index (χ1) is 11.1. The van der Waals surface area contributed by atoms with Crippen molar-refractivity contribution in [1.29, 1.82) is 0 Å². The van der Waals surface area contributed by atoms with Crippen LogP contribution in [0, 0.1) is 13.8 Å². The maximum atomic E-state index is 12.2. The maximum absolute atomic E-state index is 12.2. The largest absolute Gasteiger partial charge is 0.361 e. The van der Waals surface area contributed by atoms with E-state index in [-0.39, 0.29) is 12.3 Å². The van der Waals surface area contributed by atoms with Crippen molar-refractivity contribution in [1.82, 2.24) is 15.5 Å². The van der Waals surface area contributed by atoms with E-state index in [2.05, 4.69) is 15.5 Å². The van der Waals surface area contributed by atoms with Crippen LogP contribution < -0.4 is 5.32 Å². The number of pyridine rings is 1. The zero-order valence-corrected chi connectivity index (χ0v) is 13.8. The summed E-state index contributed by atoms with van der Waals surface area (Å²) >= 11 is 1.64. The number of carbonyl (C=O) groups is 1. The predicted molar refractivity (Wildman–Crippen MR) is 89.1 cm³/mol. The number of aromatic nitrogens is 2. The Labute approximate surface area is 138 Å². The Morgan fingerprint density at radius 2 is 2.17 bits per heavy atom. The number of carbonyl (C=O) groups excluding carboxylic acids is 1. The minimum absolute atomic E-state index is 0.0552. The normalized spacial score (nSPS) is 10.7. The van der Waals surface area contributed by atoms with Gasteiger partial charge < -0.3 is 9.84 Å². The summed E-state index contributed by atoms with van der Waals surface area (Å²) in [5, 5.41) is 8.84. The summed E-state index contributed by atoms with van der Waals surface area (Å²) in [5.74, 6) is 0.638. The summed E-state index contributed by atoms with van der Waals surface area (Å²) in [6, 6.07) is 7.89. The minimum atomic E-state index is -0.0552. The number of thiophene rings is 1. The highest BCUT2D eigenvalue weighted by Gasteiger charge is 2.14. The fourth-order valence-electron chi connectivity index (χ4n) is 2.39. The topological polar surface area (TPSA) is 68.0 Å². The number of nitrogens with one attached hydrogen (secondary N) is 1. The van der Waals surface area contributed by atoms with Crippen LogP contribution in [0.3, 0.4) is 0 Å². The van der Waals surface area contributed by atoms with Crippen LogP contribution in [-0.2, 0) is 17.8 Å². The van der Waals surface area contributed by atoms with Gasteiger partial charge in [0.15, 0.2) is 0 Å². The second-order valence-electron chi connectivity index (χ2n) is 5.24. The Balaban J connectivity index is 1.68. The molecule has 0 spiro atoms. The fraction of sp³-hybridized carbons (Fsp3) is 0.235. The molecule has 3 aromatic rings. The van der Waals surface area contributed by atoms with E-state index in [1.54, 1.807) is 17.5 Å². The number of hydrogen-bond donors (Lipinski definition) is 1. The third kappa shape index (κ3) is 3.48. The first kappa shape index (κ1) is 15.4. The fourth-order valence-corrected chi connectivity index (χ4v) is 3.14. The van der Waals surface area contributed by atoms with E-state index in [9.17, 15) is 4.79 Å². The van der Waals surface area contributed by atoms with Gasteiger partial charge in [0, 0.05) is 18.3 Å². The highest BCUT2D eigenvalue weighted by Crippen LogP contribution is 2.25. The van der Waals surface area contributed by atoms with Gasteiger partial charge in [0.2, 0.25) is 5.91 Å². The second-order valence-corrected chi connectivity index (χ2v) is 6.19. The minimum Gasteiger partial charge on any atom is -0.361 e. The Morgan fingerprint density at radius 1 is 1.30 bits per heavy atom. The Hall–Kier alpha value is -2.47. The molecule has 0 aromatic carbocycles. The van der Waals surface area contributed by atoms with Crippen molar-refractivity contribution >= 4 is 17.2 Å². The lowest BCUT2D eigenvalue weighted by atomic mass is 10.1. The van der Waals surface area contributed by atoms with Crippen LogP contribution >= 0.6 is 11.3 Å². The van der Waals surface area contributed by atoms with E-state index in [4.69, 9.17) is 4.52 Å². The number of amides is 1. The van der Waals surface area contributed by atoms with Crippen molar-refractivity contribution in [2.24, 2.45) is 0 Å². The van der Waals surface area contributed by atoms with Gasteiger partial charge in [0.1, 0.15) is 5.76 Å². The van der Waals surface area contributed by atoms with Crippen molar-refractivity contribution in [3.8, 4) is 10.6 Å². The molecule has 23 heavy (non-hydrogen) atoms. The molecule has 0 atom stereocenters. The Morgan fingerprint density at radius 3 is 2.87 bits per heavy atom. The molecular weight excluding hydrogens is 310 g/mol. The Kier molecular flexibility index (Phi) is 4.52. The lowest BCUT2D eigenvalue weighted by Gasteiger charge is -2.08. The SMILES string of the molecule is Cc1noc(C)c1CC(=O)NCc1cccnc1-c1cccs1. The molecule has 118 valence electrons. The molecule has 1 amide bonds. The zero-order valence-electron chi connectivity index (χ0n) is 13.0. The summed E-state index contributed by atoms with van der Waals surface area (Å²) in [7, 11) is 0. The Bertz CT molecular complexity index is 790. The molecule has 6 heteroatoms. The van der Waals surface area contributed by atoms with E-state index in [0.717, 1.165) is 27.4 Å². The van der Waals surface area contributed by atoms with Gasteiger partial charge in [-0.25, -0.2) is 0 Å². The van der Waals surface area contributed by atoms with E-state index in [0.29, 0.717) is 12.3 Å². The van der Waals surface area contributed by atoms with E-state index >= 15 is 0 Å². The van der Waals surface area contributed by atoms with Crippen LogP contribution in [0.2, 0.25) is 0 Å². The molecule has 1 N–H and O–H groups in total. The average Bonchev–Trinajstić information content (AvgIpc) is 3.19. The van der Waals surface area contributed by atoms with E-state index in [1.807, 2.05) is 43.5 Å². The average molecular weight is 327 g/mol. The quantitative estimate of drug-likeness (QED) is 0.781. The van der Waals surface area contributed by atoms with Crippen LogP contribution in [-0.4, -0.2) is 16.0 Å². The van der Waals surface area contributed by atoms with Crippen LogP contribution in [0.1, 0.15) is 22.6 Å². The first-order valence-corrected chi connectivity index (χ1v) is 8.19. The molecule has 0 bridgehead atoms. The van der Waals surface area contributed by atoms with Gasteiger partial charge in [0.25, 0.3) is 0 Å². The monoisotopic (exact) mass is 327 g/mol. The van der Waals surface area contributed by atoms with Crippen LogP contribution in [0.5, 0.6) is 0 Å². The van der Waals surface area contributed by atoms with E-state index < -0.39 is 0 Å². The van der Waals surface area contributed by atoms with Crippen molar-refractivity contribution < 1.29 is 9.32 Å². The molecule has 3 aromatic heterocycles. The molecule has 0 aliphatic carbocycles. The second kappa shape index (κ2) is 6.75. The smallest absolute Gasteiger partial charge is 0.224 e. The highest BCUT2D eigenvalue weighted by atomic mass is 32.1. The summed E-state index contributed by atoms with van der Waals surface area (Å²) in [4.78, 5) is 17.7. The summed E-state index contributed by atoms with van der Waals surface area (Å²) in [5.41, 5.74) is 3.53. The molecule has 0 fully saturated rings. The van der Waals surface area contributed by atoms with Crippen molar-refractivity contribution in [3.05, 3.63) is 58.4 Å². The van der Waals surface area contributed by atoms with Crippen LogP contribution in [0.4, 0.5) is 0 Å². The predicted octanol–water partition coefficient (Wildman–Crippen LogP) is 3.27. The number of rotatable bonds is 5. The lowest BCUT2D eigenvalue weighted by molar-refractivity contribution is -0.120. The molecule has 0 saturated heterocycles. The van der Waals surface area contributed by atoms with Gasteiger partial charge in [-0.15, -0.1) is 11.3 Å². The third-order valence-corrected chi connectivity index (χ3v) is 4.52. The molecular formula is C17H17N3O2S. The number of aryl methyl sites for hydroxylation is 2. The standard InChI is InChI=1S/C17H17N3O2S/c1-11-14(12(2)22-20-11)9-16(21)19-10-13-5-3-7-18-17(13)15-6-4-8-23-15/h3-8H,9-10H2,1-2H3,(H,19,21). The van der Waals surface area contributed by atoms with Gasteiger partial charge in [-0.1, -0.05) is 17.3 Å². The molecule has 0 radical (unpaired) electrons. The maximum Gasteiger partial charge on any atom is 0.224 e. The molecule has 3 rings (SSSR count). The van der Waals surface area contributed by atoms with Crippen LogP contribution in [0.15, 0.2) is 40.4 Å². The molecule has 0 aliphatic heterocycles. The first-order valence-electron chi connectivity index (χ1n) is 7.31. The molecule has 0 unspecified atom stereocenters. The van der Waals surface area contributed by atoms with Crippen molar-refractivity contribution in [2.45, 2.75) is 26.8 Å². The van der Waals surface area contributed by atoms with E-state index in [1.165, 1.54) is 0 Å². The van der Waals surface area contributed by atoms with Gasteiger partial charge in [0.05, 0.1) is 22.7 Å². The van der Waals surface area contributed by atoms with Gasteiger partial charge >= 0.3 is 0 Å². The summed E-state index contributed by atoms with van der Waals surface area (Å²) in [6.07, 6.45) is 2.04. The van der Waals surface area contributed by atoms with Gasteiger partial charge in [-0.2, -0.15) is 0 Å². The highest BCUT2D eigenvalue weighted by molar-refractivity contribution is 7.13. The zero-order chi connectivity index (χ0) is 16.2. The van der Waals surface area contributed by atoms with Gasteiger partial charge in [-0.05, 0) is 36.9 Å². The molecule has 5 nitrogen and oxygen atoms in total. The molecule has 3 heterocycles. The lowest BCUT2D eigenvalue weighted by Crippen LogP contribution is -2.25.